The minimum Gasteiger partial charge on any atom is -0.750 e. The lowest BCUT2D eigenvalue weighted by molar-refractivity contribution is -0.895. The van der Waals surface area contributed by atoms with Crippen molar-refractivity contribution in [2.24, 2.45) is 0 Å². The molecule has 59 heavy (non-hydrogen) atoms. The van der Waals surface area contributed by atoms with Gasteiger partial charge in [0.1, 0.15) is 0 Å². The normalized spacial score (nSPS) is 18.7. The van der Waals surface area contributed by atoms with Crippen LogP contribution in [-0.4, -0.2) is 110 Å². The molecule has 0 bridgehead atoms. The summed E-state index contributed by atoms with van der Waals surface area (Å²) in [6, 6.07) is 24.6. The highest BCUT2D eigenvalue weighted by Crippen LogP contribution is 2.34. The fraction of sp³-hybridized carbons (Fsp3) is 0.511. The summed E-state index contributed by atoms with van der Waals surface area (Å²) in [5, 5.41) is 19.3. The molecule has 0 amide bonds. The van der Waals surface area contributed by atoms with Gasteiger partial charge in [0.05, 0.1) is 41.5 Å². The maximum Gasteiger partial charge on any atom is 0.175 e. The highest BCUT2D eigenvalue weighted by molar-refractivity contribution is 7.98. The van der Waals surface area contributed by atoms with Gasteiger partial charge in [-0.15, -0.1) is 23.5 Å². The first-order valence-corrected chi connectivity index (χ1v) is 26.0. The zero-order chi connectivity index (χ0) is 43.3. The molecule has 1 fully saturated rings. The van der Waals surface area contributed by atoms with E-state index in [1.165, 1.54) is 72.5 Å². The molecular weight excluding hydrogens is 823 g/mol. The highest BCUT2D eigenvalue weighted by atomic mass is 32.2. The van der Waals surface area contributed by atoms with Gasteiger partial charge in [-0.1, -0.05) is 63.2 Å². The lowest BCUT2D eigenvalue weighted by Gasteiger charge is -2.38. The Morgan fingerprint density at radius 3 is 1.92 bits per heavy atom. The third-order valence-electron chi connectivity index (χ3n) is 10.8. The van der Waals surface area contributed by atoms with Crippen LogP contribution in [0.2, 0.25) is 0 Å². The molecule has 3 aliphatic rings. The van der Waals surface area contributed by atoms with Gasteiger partial charge in [0.15, 0.2) is 9.84 Å². The van der Waals surface area contributed by atoms with Crippen LogP contribution in [-0.2, 0) is 31.1 Å². The second-order valence-electron chi connectivity index (χ2n) is 15.1. The summed E-state index contributed by atoms with van der Waals surface area (Å²) in [6.45, 7) is 16.8. The first-order chi connectivity index (χ1) is 28.3. The molecular formula is C45H66N3O7S4-. The molecule has 6 rings (SSSR count). The molecule has 2 atom stereocenters. The van der Waals surface area contributed by atoms with E-state index in [4.69, 9.17) is 14.0 Å². The molecule has 0 spiro atoms. The summed E-state index contributed by atoms with van der Waals surface area (Å²) < 4.78 is 43.2. The van der Waals surface area contributed by atoms with Crippen molar-refractivity contribution < 1.29 is 36.8 Å². The Morgan fingerprint density at radius 2 is 1.39 bits per heavy atom. The average Bonchev–Trinajstić information content (AvgIpc) is 3.26. The van der Waals surface area contributed by atoms with E-state index >= 15 is 0 Å². The number of likely N-dealkylation sites (tertiary alicyclic amines) is 1. The minimum absolute atomic E-state index is 0.405. The fourth-order valence-corrected chi connectivity index (χ4v) is 9.12. The Labute approximate surface area is 365 Å². The maximum absolute atomic E-state index is 11.6. The van der Waals surface area contributed by atoms with Crippen LogP contribution in [0, 0.1) is 0 Å². The number of benzene rings is 3. The predicted molar refractivity (Wildman–Crippen MR) is 244 cm³/mol. The summed E-state index contributed by atoms with van der Waals surface area (Å²) in [5.74, 6) is 0. The molecule has 2 unspecified atom stereocenters. The first-order valence-electron chi connectivity index (χ1n) is 20.7. The van der Waals surface area contributed by atoms with Gasteiger partial charge >= 0.3 is 0 Å². The second-order valence-corrected chi connectivity index (χ2v) is 19.4. The number of sulfone groups is 1. The van der Waals surface area contributed by atoms with E-state index < -0.39 is 26.8 Å². The first kappa shape index (κ1) is 51.0. The van der Waals surface area contributed by atoms with Gasteiger partial charge < -0.3 is 29.1 Å². The molecule has 14 heteroatoms. The number of nitrogens with zero attached hydrogens (tertiary/aromatic N) is 2. The van der Waals surface area contributed by atoms with Crippen molar-refractivity contribution in [3.63, 3.8) is 0 Å². The van der Waals surface area contributed by atoms with E-state index in [-0.39, 0.29) is 0 Å². The summed E-state index contributed by atoms with van der Waals surface area (Å²) in [4.78, 5) is 9.61. The van der Waals surface area contributed by atoms with Crippen LogP contribution in [0.4, 0.5) is 0 Å². The van der Waals surface area contributed by atoms with Gasteiger partial charge in [-0.25, -0.2) is 12.6 Å². The number of thioether (sulfide) groups is 2. The van der Waals surface area contributed by atoms with E-state index in [0.717, 1.165) is 69.7 Å². The molecule has 328 valence electrons. The number of hydrogen-bond donors (Lipinski definition) is 2. The summed E-state index contributed by atoms with van der Waals surface area (Å²) in [5.41, 5.74) is 5.74. The van der Waals surface area contributed by atoms with Crippen molar-refractivity contribution in [1.82, 2.24) is 9.80 Å². The fourth-order valence-electron chi connectivity index (χ4n) is 7.53. The summed E-state index contributed by atoms with van der Waals surface area (Å²) in [7, 11) is -3.12. The smallest absolute Gasteiger partial charge is 0.175 e. The average molecular weight is 889 g/mol. The van der Waals surface area contributed by atoms with Crippen molar-refractivity contribution in [2.75, 3.05) is 77.7 Å². The summed E-state index contributed by atoms with van der Waals surface area (Å²) in [6.07, 6.45) is 17.7. The summed E-state index contributed by atoms with van der Waals surface area (Å²) >= 11 is 0.678. The van der Waals surface area contributed by atoms with Gasteiger partial charge in [-0.05, 0) is 134 Å². The quantitative estimate of drug-likeness (QED) is 0.0872. The van der Waals surface area contributed by atoms with Crippen molar-refractivity contribution in [1.29, 1.82) is 0 Å². The standard InChI is InChI=1S/C15H21NO2S.C15H23NOS.C15H21NS.H2O4S/c1-3-9-16-10-7-13(8-11-16)14-5-4-6-15(12-14)19(2,17)18;1-3-9-16-10-7-15(17,8-11-16)13-5-4-6-14(12-13)18-2;1-3-9-16-10-7-13(8-11-16)14-5-4-6-15(12-14)17-2;1-4-5(2)3/h4-7,12H,3,8-11H2,1-2H3;4-6,12,17H,3,7-11H2,1-2H3;4-7,12H,3,8-11H2,1-2H3;1H,(H,2,3)/p-1. The van der Waals surface area contributed by atoms with Gasteiger partial charge in [0, 0.05) is 48.6 Å². The van der Waals surface area contributed by atoms with Crippen LogP contribution in [0.5, 0.6) is 0 Å². The number of nitrogens with one attached hydrogen (secondary N) is 1. The molecule has 3 aliphatic heterocycles. The van der Waals surface area contributed by atoms with Crippen LogP contribution in [0.3, 0.4) is 0 Å². The Bertz CT molecular complexity index is 1900. The topological polar surface area (TPSA) is 138 Å². The van der Waals surface area contributed by atoms with Crippen LogP contribution in [0.15, 0.2) is 99.6 Å². The van der Waals surface area contributed by atoms with Gasteiger partial charge in [0.25, 0.3) is 0 Å². The molecule has 3 aromatic rings. The lowest BCUT2D eigenvalue weighted by Crippen LogP contribution is -3.12. The Hall–Kier alpha value is -2.34. The van der Waals surface area contributed by atoms with Gasteiger partial charge in [-0.3, -0.25) is 4.90 Å². The van der Waals surface area contributed by atoms with Crippen LogP contribution in [0.25, 0.3) is 11.1 Å². The zero-order valence-electron chi connectivity index (χ0n) is 35.8. The van der Waals surface area contributed by atoms with Crippen molar-refractivity contribution in [2.45, 2.75) is 86.0 Å². The molecule has 3 heterocycles. The molecule has 1 saturated heterocycles. The Balaban J connectivity index is 0.000000224. The predicted octanol–water partition coefficient (Wildman–Crippen LogP) is 6.25. The second kappa shape index (κ2) is 26.9. The van der Waals surface area contributed by atoms with Crippen LogP contribution < -0.4 is 10.2 Å². The van der Waals surface area contributed by atoms with Gasteiger partial charge in [0.2, 0.25) is 0 Å². The van der Waals surface area contributed by atoms with Crippen molar-refractivity contribution in [3.05, 3.63) is 102 Å². The molecule has 3 aromatic carbocycles. The number of aliphatic hydroxyl groups is 1. The monoisotopic (exact) mass is 888 g/mol. The van der Waals surface area contributed by atoms with Crippen LogP contribution >= 0.6 is 23.5 Å². The molecule has 2 N–H and O–H groups in total. The van der Waals surface area contributed by atoms with Crippen molar-refractivity contribution in [3.8, 4) is 0 Å². The maximum atomic E-state index is 11.6. The third kappa shape index (κ3) is 17.9. The van der Waals surface area contributed by atoms with E-state index in [1.54, 1.807) is 34.4 Å². The number of quaternary nitrogens is 1. The van der Waals surface area contributed by atoms with Crippen LogP contribution in [0.1, 0.15) is 82.4 Å². The van der Waals surface area contributed by atoms with E-state index in [2.05, 4.69) is 108 Å². The van der Waals surface area contributed by atoms with Gasteiger partial charge in [-0.2, -0.15) is 0 Å². The highest BCUT2D eigenvalue weighted by Gasteiger charge is 2.33. The Morgan fingerprint density at radius 1 is 0.814 bits per heavy atom. The number of piperidine rings is 1. The van der Waals surface area contributed by atoms with Crippen molar-refractivity contribution >= 4 is 55.9 Å². The lowest BCUT2D eigenvalue weighted by atomic mass is 9.84. The largest absolute Gasteiger partial charge is 0.750 e. The Kier molecular flexibility index (Phi) is 23.2. The zero-order valence-corrected chi connectivity index (χ0v) is 39.1. The molecule has 0 radical (unpaired) electrons. The molecule has 0 aromatic heterocycles. The van der Waals surface area contributed by atoms with E-state index in [0.29, 0.717) is 4.90 Å². The molecule has 0 saturated carbocycles. The number of hydrogen-bond acceptors (Lipinski definition) is 11. The molecule has 0 aliphatic carbocycles. The number of rotatable bonds is 13. The third-order valence-corrected chi connectivity index (χ3v) is 13.5. The molecule has 10 nitrogen and oxygen atoms in total. The minimum atomic E-state index is -3.12. The van der Waals surface area contributed by atoms with E-state index in [1.807, 2.05) is 23.9 Å². The SMILES string of the molecule is CCCN1CC=C(c2cccc(S(C)(=O)=O)c2)CC1.CCCN1CCC(O)(c2cccc(SC)c2)CC1.CCC[NH+]1CC=C(c2cccc(SC)c2)CC1.O=S([O-])O[O-]. The van der Waals surface area contributed by atoms with E-state index in [9.17, 15) is 13.5 Å².